The number of para-hydroxylation sites is 2. The molecule has 3 aromatic carbocycles. The van der Waals surface area contributed by atoms with Crippen LogP contribution in [0.3, 0.4) is 0 Å². The second-order valence-electron chi connectivity index (χ2n) is 6.88. The SMILES string of the molecule is COC(=O)C(C)(C)[C@@H](Nc1ccccc1O)c1cccc2ccccc12. The van der Waals surface area contributed by atoms with E-state index in [1.807, 2.05) is 62.4 Å². The lowest BCUT2D eigenvalue weighted by Crippen LogP contribution is -2.37. The Morgan fingerprint density at radius 2 is 1.65 bits per heavy atom. The van der Waals surface area contributed by atoms with E-state index in [0.29, 0.717) is 5.69 Å². The molecule has 4 heteroatoms. The Hall–Kier alpha value is -3.01. The zero-order valence-electron chi connectivity index (χ0n) is 15.2. The van der Waals surface area contributed by atoms with Crippen LogP contribution in [0.4, 0.5) is 5.69 Å². The highest BCUT2D eigenvalue weighted by Crippen LogP contribution is 2.41. The van der Waals surface area contributed by atoms with E-state index in [0.717, 1.165) is 16.3 Å². The van der Waals surface area contributed by atoms with Gasteiger partial charge in [0.1, 0.15) is 5.75 Å². The van der Waals surface area contributed by atoms with Crippen molar-refractivity contribution in [1.29, 1.82) is 0 Å². The molecule has 1 atom stereocenters. The van der Waals surface area contributed by atoms with E-state index in [1.165, 1.54) is 7.11 Å². The quantitative estimate of drug-likeness (QED) is 0.508. The van der Waals surface area contributed by atoms with Crippen molar-refractivity contribution in [2.45, 2.75) is 19.9 Å². The summed E-state index contributed by atoms with van der Waals surface area (Å²) in [6.45, 7) is 3.69. The Labute approximate surface area is 153 Å². The first-order valence-corrected chi connectivity index (χ1v) is 8.55. The maximum Gasteiger partial charge on any atom is 0.313 e. The molecule has 0 bridgehead atoms. The van der Waals surface area contributed by atoms with Gasteiger partial charge in [0.25, 0.3) is 0 Å². The van der Waals surface area contributed by atoms with Crippen LogP contribution < -0.4 is 5.32 Å². The van der Waals surface area contributed by atoms with Gasteiger partial charge < -0.3 is 15.2 Å². The van der Waals surface area contributed by atoms with Crippen LogP contribution in [0, 0.1) is 5.41 Å². The van der Waals surface area contributed by atoms with Gasteiger partial charge in [-0.1, -0.05) is 54.6 Å². The Morgan fingerprint density at radius 3 is 2.38 bits per heavy atom. The van der Waals surface area contributed by atoms with Gasteiger partial charge in [0.05, 0.1) is 24.3 Å². The summed E-state index contributed by atoms with van der Waals surface area (Å²) in [5.41, 5.74) is 0.686. The van der Waals surface area contributed by atoms with Gasteiger partial charge in [-0.25, -0.2) is 0 Å². The summed E-state index contributed by atoms with van der Waals surface area (Å²) in [6, 6.07) is 20.7. The number of anilines is 1. The molecule has 0 saturated heterocycles. The van der Waals surface area contributed by atoms with Gasteiger partial charge in [0, 0.05) is 0 Å². The smallest absolute Gasteiger partial charge is 0.313 e. The first kappa shape index (κ1) is 17.8. The highest BCUT2D eigenvalue weighted by molar-refractivity contribution is 5.88. The first-order valence-electron chi connectivity index (χ1n) is 8.55. The summed E-state index contributed by atoms with van der Waals surface area (Å²) in [6.07, 6.45) is 0. The summed E-state index contributed by atoms with van der Waals surface area (Å²) in [5.74, 6) is -0.184. The van der Waals surface area contributed by atoms with Gasteiger partial charge >= 0.3 is 5.97 Å². The number of nitrogens with one attached hydrogen (secondary N) is 1. The van der Waals surface area contributed by atoms with E-state index in [4.69, 9.17) is 4.74 Å². The van der Waals surface area contributed by atoms with E-state index < -0.39 is 11.5 Å². The van der Waals surface area contributed by atoms with Gasteiger partial charge in [-0.2, -0.15) is 0 Å². The fourth-order valence-corrected chi connectivity index (χ4v) is 3.28. The molecule has 2 N–H and O–H groups in total. The standard InChI is InChI=1S/C22H23NO3/c1-22(2,21(25)26-3)20(23-18-13-6-7-14-19(18)24)17-12-8-10-15-9-4-5-11-16(15)17/h4-14,20,23-24H,1-3H3/t20-/m0/s1. The highest BCUT2D eigenvalue weighted by atomic mass is 16.5. The molecule has 0 aliphatic rings. The average Bonchev–Trinajstić information content (AvgIpc) is 2.66. The van der Waals surface area contributed by atoms with Crippen molar-refractivity contribution in [3.63, 3.8) is 0 Å². The van der Waals surface area contributed by atoms with Crippen LogP contribution in [-0.2, 0) is 9.53 Å². The van der Waals surface area contributed by atoms with Gasteiger partial charge in [-0.15, -0.1) is 0 Å². The maximum absolute atomic E-state index is 12.5. The van der Waals surface area contributed by atoms with Gasteiger partial charge in [0.15, 0.2) is 0 Å². The molecule has 26 heavy (non-hydrogen) atoms. The van der Waals surface area contributed by atoms with Crippen LogP contribution in [0.15, 0.2) is 66.7 Å². The Kier molecular flexibility index (Phi) is 4.85. The molecule has 0 radical (unpaired) electrons. The summed E-state index contributed by atoms with van der Waals surface area (Å²) in [4.78, 5) is 12.5. The summed E-state index contributed by atoms with van der Waals surface area (Å²) < 4.78 is 5.06. The normalized spacial score (nSPS) is 12.6. The predicted molar refractivity (Wildman–Crippen MR) is 104 cm³/mol. The molecule has 0 unspecified atom stereocenters. The number of benzene rings is 3. The fraction of sp³-hybridized carbons (Fsp3) is 0.227. The molecular weight excluding hydrogens is 326 g/mol. The van der Waals surface area contributed by atoms with Crippen molar-refractivity contribution in [3.05, 3.63) is 72.3 Å². The van der Waals surface area contributed by atoms with E-state index in [2.05, 4.69) is 5.32 Å². The second kappa shape index (κ2) is 7.08. The van der Waals surface area contributed by atoms with Crippen LogP contribution in [0.5, 0.6) is 5.75 Å². The number of hydrogen-bond donors (Lipinski definition) is 2. The minimum absolute atomic E-state index is 0.137. The number of phenols is 1. The number of carbonyl (C=O) groups excluding carboxylic acids is 1. The number of hydrogen-bond acceptors (Lipinski definition) is 4. The lowest BCUT2D eigenvalue weighted by atomic mass is 9.78. The maximum atomic E-state index is 12.5. The first-order chi connectivity index (χ1) is 12.4. The van der Waals surface area contributed by atoms with Crippen molar-refractivity contribution in [2.75, 3.05) is 12.4 Å². The monoisotopic (exact) mass is 349 g/mol. The zero-order valence-corrected chi connectivity index (χ0v) is 15.2. The summed E-state index contributed by atoms with van der Waals surface area (Å²) in [5, 5.41) is 15.7. The molecule has 0 aliphatic carbocycles. The van der Waals surface area contributed by atoms with E-state index in [1.54, 1.807) is 18.2 Å². The number of methoxy groups -OCH3 is 1. The number of fused-ring (bicyclic) bond motifs is 1. The number of esters is 1. The van der Waals surface area contributed by atoms with Gasteiger partial charge in [0.2, 0.25) is 0 Å². The van der Waals surface area contributed by atoms with E-state index >= 15 is 0 Å². The lowest BCUT2D eigenvalue weighted by Gasteiger charge is -2.34. The second-order valence-corrected chi connectivity index (χ2v) is 6.88. The minimum Gasteiger partial charge on any atom is -0.506 e. The number of rotatable bonds is 5. The van der Waals surface area contributed by atoms with Crippen LogP contribution >= 0.6 is 0 Å². The van der Waals surface area contributed by atoms with E-state index in [9.17, 15) is 9.90 Å². The molecule has 0 saturated carbocycles. The molecule has 0 heterocycles. The lowest BCUT2D eigenvalue weighted by molar-refractivity contribution is -0.151. The number of aromatic hydroxyl groups is 1. The van der Waals surface area contributed by atoms with Crippen LogP contribution in [0.25, 0.3) is 10.8 Å². The Morgan fingerprint density at radius 1 is 1.00 bits per heavy atom. The highest BCUT2D eigenvalue weighted by Gasteiger charge is 2.40. The largest absolute Gasteiger partial charge is 0.506 e. The van der Waals surface area contributed by atoms with Crippen molar-refractivity contribution < 1.29 is 14.6 Å². The molecule has 0 amide bonds. The minimum atomic E-state index is -0.860. The molecular formula is C22H23NO3. The predicted octanol–water partition coefficient (Wildman–Crippen LogP) is 4.90. The van der Waals surface area contributed by atoms with Crippen LogP contribution in [0.2, 0.25) is 0 Å². The molecule has 4 nitrogen and oxygen atoms in total. The molecule has 134 valence electrons. The van der Waals surface area contributed by atoms with Crippen molar-refractivity contribution in [3.8, 4) is 5.75 Å². The van der Waals surface area contributed by atoms with Crippen molar-refractivity contribution in [2.24, 2.45) is 5.41 Å². The summed E-state index contributed by atoms with van der Waals surface area (Å²) >= 11 is 0. The molecule has 3 rings (SSSR count). The number of carbonyl (C=O) groups is 1. The zero-order chi connectivity index (χ0) is 18.7. The van der Waals surface area contributed by atoms with Crippen LogP contribution in [-0.4, -0.2) is 18.2 Å². The van der Waals surface area contributed by atoms with Gasteiger partial charge in [-0.3, -0.25) is 4.79 Å². The van der Waals surface area contributed by atoms with Crippen LogP contribution in [0.1, 0.15) is 25.5 Å². The third-order valence-corrected chi connectivity index (χ3v) is 4.77. The topological polar surface area (TPSA) is 58.6 Å². The third kappa shape index (κ3) is 3.23. The average molecular weight is 349 g/mol. The molecule has 0 fully saturated rings. The molecule has 3 aromatic rings. The Bertz CT molecular complexity index is 928. The van der Waals surface area contributed by atoms with Crippen molar-refractivity contribution >= 4 is 22.4 Å². The summed E-state index contributed by atoms with van der Waals surface area (Å²) in [7, 11) is 1.39. The number of ether oxygens (including phenoxy) is 1. The molecule has 0 spiro atoms. The van der Waals surface area contributed by atoms with Gasteiger partial charge in [-0.05, 0) is 42.3 Å². The third-order valence-electron chi connectivity index (χ3n) is 4.77. The Balaban J connectivity index is 2.17. The molecule has 0 aliphatic heterocycles. The van der Waals surface area contributed by atoms with Crippen molar-refractivity contribution in [1.82, 2.24) is 0 Å². The molecule has 0 aromatic heterocycles. The van der Waals surface area contributed by atoms with E-state index in [-0.39, 0.29) is 11.7 Å². The fourth-order valence-electron chi connectivity index (χ4n) is 3.28. The number of phenolic OH excluding ortho intramolecular Hbond substituents is 1.